The van der Waals surface area contributed by atoms with Crippen LogP contribution in [0, 0.1) is 12.7 Å². The van der Waals surface area contributed by atoms with E-state index in [1.54, 1.807) is 6.92 Å². The number of carbonyl (C=O) groups excluding carboxylic acids is 1. The second-order valence-electron chi connectivity index (χ2n) is 4.14. The number of ether oxygens (including phenoxy) is 1. The Bertz CT molecular complexity index is 729. The summed E-state index contributed by atoms with van der Waals surface area (Å²) in [5.41, 5.74) is -0.0526. The number of hydrogen-bond donors (Lipinski definition) is 1. The van der Waals surface area contributed by atoms with Gasteiger partial charge in [-0.25, -0.2) is 4.39 Å². The van der Waals surface area contributed by atoms with Crippen molar-refractivity contribution in [3.63, 3.8) is 0 Å². The molecule has 0 spiro atoms. The van der Waals surface area contributed by atoms with Gasteiger partial charge in [0.05, 0.1) is 11.3 Å². The number of halogens is 2. The van der Waals surface area contributed by atoms with E-state index in [2.05, 4.69) is 5.32 Å². The highest BCUT2D eigenvalue weighted by molar-refractivity contribution is 6.31. The van der Waals surface area contributed by atoms with Crippen LogP contribution in [0.4, 0.5) is 10.1 Å². The average molecular weight is 312 g/mol. The summed E-state index contributed by atoms with van der Waals surface area (Å²) in [5, 5.41) is 2.37. The molecule has 1 aromatic heterocycles. The van der Waals surface area contributed by atoms with Crippen molar-refractivity contribution in [1.82, 2.24) is 0 Å². The molecule has 0 aliphatic rings. The molecule has 2 rings (SSSR count). The van der Waals surface area contributed by atoms with Crippen LogP contribution in [0.25, 0.3) is 0 Å². The average Bonchev–Trinajstić information content (AvgIpc) is 2.42. The van der Waals surface area contributed by atoms with E-state index in [1.807, 2.05) is 0 Å². The lowest BCUT2D eigenvalue weighted by Gasteiger charge is -2.08. The van der Waals surface area contributed by atoms with Gasteiger partial charge in [0.1, 0.15) is 11.6 Å². The number of benzene rings is 1. The molecule has 7 heteroatoms. The molecule has 1 heterocycles. The van der Waals surface area contributed by atoms with Crippen LogP contribution >= 0.6 is 11.6 Å². The standard InChI is InChI=1S/C14H11ClFNO4/c1-8-14(12(18)4-5-20-8)21-7-13(19)17-9-2-3-11(16)10(15)6-9/h2-6H,7H2,1H3,(H,17,19). The molecule has 0 fully saturated rings. The predicted molar refractivity (Wildman–Crippen MR) is 75.2 cm³/mol. The summed E-state index contributed by atoms with van der Waals surface area (Å²) < 4.78 is 23.1. The number of carbonyl (C=O) groups is 1. The smallest absolute Gasteiger partial charge is 0.262 e. The topological polar surface area (TPSA) is 68.5 Å². The highest BCUT2D eigenvalue weighted by atomic mass is 35.5. The van der Waals surface area contributed by atoms with Crippen molar-refractivity contribution in [2.45, 2.75) is 6.92 Å². The van der Waals surface area contributed by atoms with Gasteiger partial charge < -0.3 is 14.5 Å². The van der Waals surface area contributed by atoms with Gasteiger partial charge >= 0.3 is 0 Å². The van der Waals surface area contributed by atoms with Gasteiger partial charge in [-0.3, -0.25) is 9.59 Å². The van der Waals surface area contributed by atoms with Crippen LogP contribution in [0.15, 0.2) is 39.7 Å². The van der Waals surface area contributed by atoms with Gasteiger partial charge in [-0.15, -0.1) is 0 Å². The molecule has 0 unspecified atom stereocenters. The summed E-state index contributed by atoms with van der Waals surface area (Å²) >= 11 is 5.60. The molecule has 0 saturated carbocycles. The van der Waals surface area contributed by atoms with Gasteiger partial charge in [0.25, 0.3) is 5.91 Å². The predicted octanol–water partition coefficient (Wildman–Crippen LogP) is 2.76. The first-order valence-corrected chi connectivity index (χ1v) is 6.31. The summed E-state index contributed by atoms with van der Waals surface area (Å²) in [6, 6.07) is 4.97. The van der Waals surface area contributed by atoms with Crippen LogP contribution in [0.2, 0.25) is 5.02 Å². The number of aryl methyl sites for hydroxylation is 1. The lowest BCUT2D eigenvalue weighted by atomic mass is 10.3. The molecule has 110 valence electrons. The maximum atomic E-state index is 13.0. The molecular formula is C14H11ClFNO4. The largest absolute Gasteiger partial charge is 0.476 e. The summed E-state index contributed by atoms with van der Waals surface area (Å²) in [4.78, 5) is 23.2. The molecule has 1 N–H and O–H groups in total. The Kier molecular flexibility index (Phi) is 4.59. The molecule has 0 aliphatic heterocycles. The van der Waals surface area contributed by atoms with E-state index in [9.17, 15) is 14.0 Å². The molecule has 5 nitrogen and oxygen atoms in total. The SMILES string of the molecule is Cc1occc(=O)c1OCC(=O)Nc1ccc(F)c(Cl)c1. The van der Waals surface area contributed by atoms with Crippen LogP contribution in [0.1, 0.15) is 5.76 Å². The Hall–Kier alpha value is -2.34. The van der Waals surface area contributed by atoms with Crippen molar-refractivity contribution in [3.05, 3.63) is 57.4 Å². The highest BCUT2D eigenvalue weighted by Crippen LogP contribution is 2.19. The molecule has 0 bridgehead atoms. The highest BCUT2D eigenvalue weighted by Gasteiger charge is 2.10. The molecule has 2 aromatic rings. The van der Waals surface area contributed by atoms with E-state index in [0.29, 0.717) is 5.69 Å². The van der Waals surface area contributed by atoms with Gasteiger partial charge in [0.2, 0.25) is 11.2 Å². The molecule has 0 aliphatic carbocycles. The maximum absolute atomic E-state index is 13.0. The quantitative estimate of drug-likeness (QED) is 0.942. The van der Waals surface area contributed by atoms with Gasteiger partial charge in [0, 0.05) is 11.8 Å². The summed E-state index contributed by atoms with van der Waals surface area (Å²) in [6.45, 7) is 1.17. The Balaban J connectivity index is 1.99. The minimum Gasteiger partial charge on any atom is -0.476 e. The minimum absolute atomic E-state index is 0.0233. The Labute approximate surface area is 124 Å². The maximum Gasteiger partial charge on any atom is 0.262 e. The first-order valence-electron chi connectivity index (χ1n) is 5.93. The second-order valence-corrected chi connectivity index (χ2v) is 4.54. The van der Waals surface area contributed by atoms with E-state index in [-0.39, 0.29) is 28.6 Å². The molecule has 1 amide bonds. The molecule has 0 radical (unpaired) electrons. The van der Waals surface area contributed by atoms with Crippen molar-refractivity contribution in [2.24, 2.45) is 0 Å². The van der Waals surface area contributed by atoms with Gasteiger partial charge in [0.15, 0.2) is 6.61 Å². The van der Waals surface area contributed by atoms with E-state index < -0.39 is 11.7 Å². The van der Waals surface area contributed by atoms with Crippen molar-refractivity contribution in [3.8, 4) is 5.75 Å². The van der Waals surface area contributed by atoms with Gasteiger partial charge in [-0.05, 0) is 25.1 Å². The first-order chi connectivity index (χ1) is 9.97. The number of anilines is 1. The van der Waals surface area contributed by atoms with Crippen LogP contribution < -0.4 is 15.5 Å². The van der Waals surface area contributed by atoms with E-state index in [4.69, 9.17) is 20.8 Å². The Morgan fingerprint density at radius 1 is 1.43 bits per heavy atom. The van der Waals surface area contributed by atoms with Crippen LogP contribution in [0.3, 0.4) is 0 Å². The normalized spacial score (nSPS) is 10.2. The third-order valence-corrected chi connectivity index (χ3v) is 2.85. The lowest BCUT2D eigenvalue weighted by molar-refractivity contribution is -0.118. The van der Waals surface area contributed by atoms with Crippen molar-refractivity contribution < 1.29 is 18.3 Å². The van der Waals surface area contributed by atoms with Crippen LogP contribution in [-0.4, -0.2) is 12.5 Å². The number of rotatable bonds is 4. The number of nitrogens with one attached hydrogen (secondary N) is 1. The second kappa shape index (κ2) is 6.41. The Morgan fingerprint density at radius 3 is 2.86 bits per heavy atom. The monoisotopic (exact) mass is 311 g/mol. The van der Waals surface area contributed by atoms with Gasteiger partial charge in [-0.1, -0.05) is 11.6 Å². The molecule has 0 atom stereocenters. The fraction of sp³-hybridized carbons (Fsp3) is 0.143. The minimum atomic E-state index is -0.580. The number of hydrogen-bond acceptors (Lipinski definition) is 4. The molecule has 21 heavy (non-hydrogen) atoms. The lowest BCUT2D eigenvalue weighted by Crippen LogP contribution is -2.22. The van der Waals surface area contributed by atoms with Crippen LogP contribution in [0.5, 0.6) is 5.75 Å². The summed E-state index contributed by atoms with van der Waals surface area (Å²) in [5.74, 6) is -0.839. The zero-order valence-electron chi connectivity index (χ0n) is 11.0. The first kappa shape index (κ1) is 15.1. The molecule has 0 saturated heterocycles. The molecule has 1 aromatic carbocycles. The van der Waals surface area contributed by atoms with E-state index in [0.717, 1.165) is 6.07 Å². The van der Waals surface area contributed by atoms with Crippen molar-refractivity contribution >= 4 is 23.2 Å². The third kappa shape index (κ3) is 3.82. The summed E-state index contributed by atoms with van der Waals surface area (Å²) in [7, 11) is 0. The van der Waals surface area contributed by atoms with E-state index >= 15 is 0 Å². The van der Waals surface area contributed by atoms with Crippen LogP contribution in [-0.2, 0) is 4.79 Å². The Morgan fingerprint density at radius 2 is 2.19 bits per heavy atom. The fourth-order valence-electron chi connectivity index (χ4n) is 1.58. The van der Waals surface area contributed by atoms with Crippen molar-refractivity contribution in [1.29, 1.82) is 0 Å². The van der Waals surface area contributed by atoms with Crippen molar-refractivity contribution in [2.75, 3.05) is 11.9 Å². The fourth-order valence-corrected chi connectivity index (χ4v) is 1.76. The zero-order valence-corrected chi connectivity index (χ0v) is 11.7. The van der Waals surface area contributed by atoms with E-state index in [1.165, 1.54) is 24.5 Å². The third-order valence-electron chi connectivity index (χ3n) is 2.56. The number of amides is 1. The molecular weight excluding hydrogens is 301 g/mol. The summed E-state index contributed by atoms with van der Waals surface area (Å²) in [6.07, 6.45) is 1.24. The van der Waals surface area contributed by atoms with Gasteiger partial charge in [-0.2, -0.15) is 0 Å². The zero-order chi connectivity index (χ0) is 15.4.